The monoisotopic (exact) mass is 573 g/mol. The number of hydrogen-bond donors (Lipinski definition) is 3. The first-order valence-electron chi connectivity index (χ1n) is 9.45. The van der Waals surface area contributed by atoms with Gasteiger partial charge in [-0.05, 0) is 30.3 Å². The summed E-state index contributed by atoms with van der Waals surface area (Å²) in [6, 6.07) is 9.29. The van der Waals surface area contributed by atoms with E-state index in [1.807, 2.05) is 0 Å². The molecule has 0 atom stereocenters. The molecular weight excluding hydrogens is 562 g/mol. The number of imidazole rings is 1. The zero-order valence-corrected chi connectivity index (χ0v) is 19.9. The summed E-state index contributed by atoms with van der Waals surface area (Å²) in [6.07, 6.45) is -1.83. The SMILES string of the molecule is O=C(Nc1ccc(Br)cc1)c1cc2[nH]c(Nc3c(Cl)cncc3Cl)nc2cc1OCC(F)(F)F. The number of pyridine rings is 1. The predicted molar refractivity (Wildman–Crippen MR) is 127 cm³/mol. The minimum Gasteiger partial charge on any atom is -0.483 e. The highest BCUT2D eigenvalue weighted by Crippen LogP contribution is 2.33. The van der Waals surface area contributed by atoms with Crippen LogP contribution < -0.4 is 15.4 Å². The largest absolute Gasteiger partial charge is 0.483 e. The summed E-state index contributed by atoms with van der Waals surface area (Å²) < 4.78 is 44.1. The molecule has 0 fully saturated rings. The van der Waals surface area contributed by atoms with E-state index in [9.17, 15) is 18.0 Å². The van der Waals surface area contributed by atoms with Crippen LogP contribution in [0.3, 0.4) is 0 Å². The molecule has 0 aliphatic carbocycles. The zero-order chi connectivity index (χ0) is 24.5. The Hall–Kier alpha value is -3.02. The normalized spacial score (nSPS) is 11.5. The number of rotatable bonds is 6. The number of nitrogens with one attached hydrogen (secondary N) is 3. The van der Waals surface area contributed by atoms with Crippen LogP contribution in [0.2, 0.25) is 10.0 Å². The summed E-state index contributed by atoms with van der Waals surface area (Å²) in [6.45, 7) is -1.57. The van der Waals surface area contributed by atoms with Gasteiger partial charge in [0.1, 0.15) is 5.75 Å². The van der Waals surface area contributed by atoms with Crippen LogP contribution in [-0.2, 0) is 0 Å². The lowest BCUT2D eigenvalue weighted by atomic mass is 10.1. The number of carbonyl (C=O) groups excluding carboxylic acids is 1. The second kappa shape index (κ2) is 9.69. The van der Waals surface area contributed by atoms with Crippen molar-refractivity contribution in [2.24, 2.45) is 0 Å². The highest BCUT2D eigenvalue weighted by Gasteiger charge is 2.29. The summed E-state index contributed by atoms with van der Waals surface area (Å²) >= 11 is 15.5. The van der Waals surface area contributed by atoms with Crippen molar-refractivity contribution in [2.45, 2.75) is 6.18 Å². The molecule has 0 radical (unpaired) electrons. The van der Waals surface area contributed by atoms with Crippen LogP contribution in [0.15, 0.2) is 53.3 Å². The number of anilines is 3. The van der Waals surface area contributed by atoms with Crippen LogP contribution in [0.25, 0.3) is 11.0 Å². The minimum absolute atomic E-state index is 0.116. The van der Waals surface area contributed by atoms with E-state index in [1.165, 1.54) is 24.5 Å². The lowest BCUT2D eigenvalue weighted by molar-refractivity contribution is -0.153. The van der Waals surface area contributed by atoms with Crippen LogP contribution in [0, 0.1) is 0 Å². The van der Waals surface area contributed by atoms with Gasteiger partial charge in [0.15, 0.2) is 6.61 Å². The number of hydrogen-bond acceptors (Lipinski definition) is 5. The van der Waals surface area contributed by atoms with E-state index in [-0.39, 0.29) is 32.8 Å². The van der Waals surface area contributed by atoms with Gasteiger partial charge in [-0.25, -0.2) is 4.98 Å². The van der Waals surface area contributed by atoms with E-state index in [4.69, 9.17) is 27.9 Å². The van der Waals surface area contributed by atoms with Gasteiger partial charge in [0.25, 0.3) is 5.91 Å². The summed E-state index contributed by atoms with van der Waals surface area (Å²) in [7, 11) is 0. The van der Waals surface area contributed by atoms with Crippen LogP contribution in [0.5, 0.6) is 5.75 Å². The first-order valence-corrected chi connectivity index (χ1v) is 11.0. The van der Waals surface area contributed by atoms with Crippen LogP contribution in [0.1, 0.15) is 10.4 Å². The lowest BCUT2D eigenvalue weighted by Gasteiger charge is -2.13. The Balaban J connectivity index is 1.70. The third-order valence-electron chi connectivity index (χ3n) is 4.42. The summed E-state index contributed by atoms with van der Waals surface area (Å²) in [4.78, 5) is 24.0. The molecule has 1 amide bonds. The molecule has 2 aromatic heterocycles. The summed E-state index contributed by atoms with van der Waals surface area (Å²) in [5.74, 6) is -0.750. The number of nitrogens with zero attached hydrogens (tertiary/aromatic N) is 2. The van der Waals surface area contributed by atoms with E-state index in [1.54, 1.807) is 24.3 Å². The Morgan fingerprint density at radius 1 is 1.12 bits per heavy atom. The maximum Gasteiger partial charge on any atom is 0.422 e. The zero-order valence-electron chi connectivity index (χ0n) is 16.8. The number of aromatic nitrogens is 3. The Morgan fingerprint density at radius 2 is 1.79 bits per heavy atom. The van der Waals surface area contributed by atoms with Gasteiger partial charge in [0, 0.05) is 28.6 Å². The van der Waals surface area contributed by atoms with Crippen molar-refractivity contribution in [1.29, 1.82) is 0 Å². The number of halogens is 6. The third-order valence-corrected chi connectivity index (χ3v) is 5.52. The van der Waals surface area contributed by atoms with E-state index >= 15 is 0 Å². The van der Waals surface area contributed by atoms with Gasteiger partial charge in [-0.2, -0.15) is 13.2 Å². The number of H-pyrrole nitrogens is 1. The molecule has 0 spiro atoms. The fraction of sp³-hybridized carbons (Fsp3) is 0.0952. The molecule has 3 N–H and O–H groups in total. The first kappa shape index (κ1) is 24.1. The van der Waals surface area contributed by atoms with Crippen molar-refractivity contribution < 1.29 is 22.7 Å². The lowest BCUT2D eigenvalue weighted by Crippen LogP contribution is -2.21. The smallest absolute Gasteiger partial charge is 0.422 e. The van der Waals surface area contributed by atoms with Crippen molar-refractivity contribution in [3.05, 3.63) is 68.9 Å². The quantitative estimate of drug-likeness (QED) is 0.231. The van der Waals surface area contributed by atoms with Gasteiger partial charge in [-0.15, -0.1) is 0 Å². The van der Waals surface area contributed by atoms with Gasteiger partial charge >= 0.3 is 6.18 Å². The molecule has 2 aromatic carbocycles. The number of fused-ring (bicyclic) bond motifs is 1. The van der Waals surface area contributed by atoms with Gasteiger partial charge in [-0.1, -0.05) is 39.1 Å². The number of amides is 1. The van der Waals surface area contributed by atoms with Gasteiger partial charge in [-0.3, -0.25) is 9.78 Å². The van der Waals surface area contributed by atoms with Crippen LogP contribution in [-0.4, -0.2) is 33.6 Å². The van der Waals surface area contributed by atoms with Crippen molar-refractivity contribution >= 4 is 73.4 Å². The van der Waals surface area contributed by atoms with Crippen LogP contribution >= 0.6 is 39.1 Å². The maximum atomic E-state index is 12.9. The second-order valence-electron chi connectivity index (χ2n) is 6.92. The number of ether oxygens (including phenoxy) is 1. The molecule has 34 heavy (non-hydrogen) atoms. The van der Waals surface area contributed by atoms with Crippen molar-refractivity contribution in [3.8, 4) is 5.75 Å². The highest BCUT2D eigenvalue weighted by atomic mass is 79.9. The van der Waals surface area contributed by atoms with Gasteiger partial charge < -0.3 is 20.4 Å². The Morgan fingerprint density at radius 3 is 2.44 bits per heavy atom. The molecule has 0 saturated carbocycles. The van der Waals surface area contributed by atoms with Gasteiger partial charge in [0.05, 0.1) is 32.3 Å². The number of benzene rings is 2. The first-order chi connectivity index (χ1) is 16.1. The average molecular weight is 575 g/mol. The van der Waals surface area contributed by atoms with Gasteiger partial charge in [0.2, 0.25) is 5.95 Å². The molecule has 0 aliphatic rings. The Labute approximate surface area is 208 Å². The van der Waals surface area contributed by atoms with Crippen molar-refractivity contribution in [1.82, 2.24) is 15.0 Å². The molecule has 176 valence electrons. The molecule has 0 saturated heterocycles. The number of aromatic amines is 1. The van der Waals surface area contributed by atoms with E-state index in [2.05, 4.69) is 41.5 Å². The summed E-state index contributed by atoms with van der Waals surface area (Å²) in [5.41, 5.74) is 1.28. The number of carbonyl (C=O) groups is 1. The van der Waals surface area contributed by atoms with Crippen molar-refractivity contribution in [3.63, 3.8) is 0 Å². The average Bonchev–Trinajstić information content (AvgIpc) is 3.17. The van der Waals surface area contributed by atoms with E-state index < -0.39 is 18.7 Å². The predicted octanol–water partition coefficient (Wildman–Crippen LogP) is 6.96. The molecule has 4 rings (SSSR count). The molecular formula is C21H13BrCl2F3N5O2. The number of alkyl halides is 3. The molecule has 7 nitrogen and oxygen atoms in total. The standard InChI is InChI=1S/C21H13BrCl2F3N5O2/c22-10-1-3-11(4-2-10)29-19(33)12-5-15-16(6-17(12)34-9-21(25,26)27)31-20(30-15)32-18-13(23)7-28-8-14(18)24/h1-8H,9H2,(H,29,33)(H2,28,30,31,32). The molecule has 2 heterocycles. The van der Waals surface area contributed by atoms with Crippen LogP contribution in [0.4, 0.5) is 30.5 Å². The summed E-state index contributed by atoms with van der Waals surface area (Å²) in [5, 5.41) is 6.01. The molecule has 0 unspecified atom stereocenters. The maximum absolute atomic E-state index is 12.9. The topological polar surface area (TPSA) is 91.9 Å². The highest BCUT2D eigenvalue weighted by molar-refractivity contribution is 9.10. The minimum atomic E-state index is -4.60. The Kier molecular flexibility index (Phi) is 6.87. The fourth-order valence-electron chi connectivity index (χ4n) is 2.93. The van der Waals surface area contributed by atoms with E-state index in [0.29, 0.717) is 16.9 Å². The fourth-order valence-corrected chi connectivity index (χ4v) is 3.66. The molecule has 4 aromatic rings. The molecule has 0 aliphatic heterocycles. The van der Waals surface area contributed by atoms with E-state index in [0.717, 1.165) is 4.47 Å². The second-order valence-corrected chi connectivity index (χ2v) is 8.65. The molecule has 13 heteroatoms. The Bertz CT molecular complexity index is 1340. The molecule has 0 bridgehead atoms. The third kappa shape index (κ3) is 5.72. The van der Waals surface area contributed by atoms with Crippen molar-refractivity contribution in [2.75, 3.05) is 17.2 Å².